The highest BCUT2D eigenvalue weighted by atomic mass is 16.7. The second-order valence-electron chi connectivity index (χ2n) is 17.6. The van der Waals surface area contributed by atoms with Crippen LogP contribution in [0, 0.1) is 10.8 Å². The van der Waals surface area contributed by atoms with Gasteiger partial charge in [0.1, 0.15) is 25.9 Å². The molecule has 0 saturated carbocycles. The molecular formula is C47H87NO7. The molecule has 8 nitrogen and oxygen atoms in total. The van der Waals surface area contributed by atoms with Crippen molar-refractivity contribution < 1.29 is 33.3 Å². The largest absolute Gasteiger partial charge is 0.508 e. The van der Waals surface area contributed by atoms with Crippen LogP contribution < -0.4 is 0 Å². The third-order valence-corrected chi connectivity index (χ3v) is 9.82. The first-order chi connectivity index (χ1) is 26.3. The van der Waals surface area contributed by atoms with E-state index >= 15 is 0 Å². The minimum Gasteiger partial charge on any atom is -0.461 e. The van der Waals surface area contributed by atoms with E-state index in [2.05, 4.69) is 72.7 Å². The summed E-state index contributed by atoms with van der Waals surface area (Å²) in [5.74, 6) is -0.244. The molecule has 0 rings (SSSR count). The maximum absolute atomic E-state index is 12.9. The van der Waals surface area contributed by atoms with Crippen molar-refractivity contribution in [3.63, 3.8) is 0 Å². The van der Waals surface area contributed by atoms with Crippen LogP contribution in [0.25, 0.3) is 0 Å². The van der Waals surface area contributed by atoms with Gasteiger partial charge in [0.25, 0.3) is 0 Å². The summed E-state index contributed by atoms with van der Waals surface area (Å²) in [5, 5.41) is 0. The fraction of sp³-hybridized carbons (Fsp3) is 0.851. The van der Waals surface area contributed by atoms with E-state index in [1.807, 2.05) is 12.2 Å². The molecule has 0 saturated heterocycles. The van der Waals surface area contributed by atoms with Gasteiger partial charge < -0.3 is 23.8 Å². The van der Waals surface area contributed by atoms with Gasteiger partial charge in [-0.2, -0.15) is 0 Å². The zero-order chi connectivity index (χ0) is 41.0. The van der Waals surface area contributed by atoms with Gasteiger partial charge in [0.2, 0.25) is 0 Å². The first-order valence-electron chi connectivity index (χ1n) is 22.4. The molecule has 0 spiro atoms. The summed E-state index contributed by atoms with van der Waals surface area (Å²) >= 11 is 0. The van der Waals surface area contributed by atoms with Gasteiger partial charge in [0.05, 0.1) is 0 Å². The Morgan fingerprint density at radius 2 is 0.982 bits per heavy atom. The van der Waals surface area contributed by atoms with Gasteiger partial charge in [-0.15, -0.1) is 0 Å². The Balaban J connectivity index is 4.56. The molecule has 8 heteroatoms. The molecule has 0 heterocycles. The van der Waals surface area contributed by atoms with E-state index in [1.54, 1.807) is 0 Å². The van der Waals surface area contributed by atoms with Crippen molar-refractivity contribution >= 4 is 18.1 Å². The summed E-state index contributed by atoms with van der Waals surface area (Å²) < 4.78 is 22.3. The van der Waals surface area contributed by atoms with Gasteiger partial charge in [0.15, 0.2) is 0 Å². The summed E-state index contributed by atoms with van der Waals surface area (Å²) in [7, 11) is 4.17. The molecule has 0 aliphatic heterocycles. The van der Waals surface area contributed by atoms with E-state index in [-0.39, 0.29) is 28.9 Å². The second-order valence-corrected chi connectivity index (χ2v) is 17.6. The van der Waals surface area contributed by atoms with Crippen LogP contribution in [0.1, 0.15) is 202 Å². The third kappa shape index (κ3) is 37.0. The van der Waals surface area contributed by atoms with E-state index < -0.39 is 6.16 Å². The summed E-state index contributed by atoms with van der Waals surface area (Å²) in [4.78, 5) is 39.3. The number of rotatable bonds is 37. The van der Waals surface area contributed by atoms with Crippen molar-refractivity contribution in [1.29, 1.82) is 0 Å². The Morgan fingerprint density at radius 3 is 1.44 bits per heavy atom. The molecule has 0 aliphatic rings. The van der Waals surface area contributed by atoms with E-state index in [0.29, 0.717) is 32.7 Å². The van der Waals surface area contributed by atoms with Crippen LogP contribution in [0.2, 0.25) is 0 Å². The van der Waals surface area contributed by atoms with E-state index in [1.165, 1.54) is 51.4 Å². The predicted molar refractivity (Wildman–Crippen MR) is 229 cm³/mol. The number of nitrogens with zero attached hydrogens (tertiary/aromatic N) is 1. The van der Waals surface area contributed by atoms with Crippen LogP contribution in [0.5, 0.6) is 0 Å². The number of ether oxygens (including phenoxy) is 4. The number of allylic oxidation sites excluding steroid dienone is 2. The highest BCUT2D eigenvalue weighted by Gasteiger charge is 2.31. The SMILES string of the molecule is CCCCCC/C=C\COC(=O)CCCCCCCC(CCCCCCCC(=O)OC/C=C\CCCCCC)OC(=O)OCC(C)(C)CC(C)(C)CN(C)C. The summed E-state index contributed by atoms with van der Waals surface area (Å²) in [5.41, 5.74) is -0.0688. The standard InChI is InChI=1S/C47H87NO7/c1-9-11-13-15-17-25-31-37-52-43(49)35-29-23-19-21-27-33-42(55-45(51)54-41-47(5,6)39-46(3,4)40-48(7)8)34-28-22-20-24-30-36-44(50)53-38-32-26-18-16-14-12-10-2/h25-26,31-32,42H,9-24,27-30,33-41H2,1-8H3/b31-25-,32-26-. The minimum atomic E-state index is -0.571. The molecule has 0 aliphatic carbocycles. The predicted octanol–water partition coefficient (Wildman–Crippen LogP) is 13.1. The Bertz CT molecular complexity index is 951. The monoisotopic (exact) mass is 778 g/mol. The number of carbonyl (C=O) groups excluding carboxylic acids is 3. The lowest BCUT2D eigenvalue weighted by atomic mass is 9.75. The van der Waals surface area contributed by atoms with Gasteiger partial charge in [-0.1, -0.05) is 143 Å². The number of hydrogen-bond acceptors (Lipinski definition) is 8. The van der Waals surface area contributed by atoms with Crippen molar-refractivity contribution in [2.24, 2.45) is 10.8 Å². The highest BCUT2D eigenvalue weighted by molar-refractivity contribution is 5.69. The van der Waals surface area contributed by atoms with Crippen LogP contribution in [0.3, 0.4) is 0 Å². The molecule has 0 aromatic carbocycles. The first-order valence-corrected chi connectivity index (χ1v) is 22.4. The lowest BCUT2D eigenvalue weighted by Gasteiger charge is -2.36. The molecule has 0 bridgehead atoms. The van der Waals surface area contributed by atoms with Crippen LogP contribution in [-0.2, 0) is 28.5 Å². The smallest absolute Gasteiger partial charge is 0.461 e. The van der Waals surface area contributed by atoms with Crippen LogP contribution >= 0.6 is 0 Å². The van der Waals surface area contributed by atoms with E-state index in [4.69, 9.17) is 18.9 Å². The Morgan fingerprint density at radius 1 is 0.545 bits per heavy atom. The maximum Gasteiger partial charge on any atom is 0.508 e. The molecule has 0 aromatic heterocycles. The minimum absolute atomic E-state index is 0.0958. The van der Waals surface area contributed by atoms with Crippen LogP contribution in [0.15, 0.2) is 24.3 Å². The fourth-order valence-corrected chi connectivity index (χ4v) is 7.46. The van der Waals surface area contributed by atoms with Crippen LogP contribution in [0.4, 0.5) is 4.79 Å². The fourth-order valence-electron chi connectivity index (χ4n) is 7.46. The zero-order valence-corrected chi connectivity index (χ0v) is 37.2. The third-order valence-electron chi connectivity index (χ3n) is 9.82. The molecule has 0 radical (unpaired) electrons. The Labute approximate surface area is 339 Å². The molecule has 0 aromatic rings. The van der Waals surface area contributed by atoms with E-state index in [9.17, 15) is 14.4 Å². The molecule has 0 unspecified atom stereocenters. The summed E-state index contributed by atoms with van der Waals surface area (Å²) in [6.45, 7) is 15.3. The molecule has 0 N–H and O–H groups in total. The molecule has 0 amide bonds. The molecule has 322 valence electrons. The molecule has 0 fully saturated rings. The van der Waals surface area contributed by atoms with Crippen molar-refractivity contribution in [2.75, 3.05) is 40.5 Å². The zero-order valence-electron chi connectivity index (χ0n) is 37.2. The molecular weight excluding hydrogens is 691 g/mol. The normalized spacial score (nSPS) is 12.3. The topological polar surface area (TPSA) is 91.4 Å². The van der Waals surface area contributed by atoms with Gasteiger partial charge >= 0.3 is 18.1 Å². The van der Waals surface area contributed by atoms with Crippen molar-refractivity contribution in [3.8, 4) is 0 Å². The molecule has 0 atom stereocenters. The second kappa shape index (κ2) is 34.9. The summed E-state index contributed by atoms with van der Waals surface area (Å²) in [6, 6.07) is 0. The number of unbranched alkanes of at least 4 members (excludes halogenated alkanes) is 16. The van der Waals surface area contributed by atoms with E-state index in [0.717, 1.165) is 103 Å². The number of esters is 2. The van der Waals surface area contributed by atoms with Crippen LogP contribution in [-0.4, -0.2) is 69.6 Å². The van der Waals surface area contributed by atoms with Gasteiger partial charge in [0, 0.05) is 19.4 Å². The van der Waals surface area contributed by atoms with Gasteiger partial charge in [-0.25, -0.2) is 4.79 Å². The Hall–Kier alpha value is -2.35. The number of carbonyl (C=O) groups is 3. The van der Waals surface area contributed by atoms with Crippen molar-refractivity contribution in [2.45, 2.75) is 208 Å². The average Bonchev–Trinajstić information content (AvgIpc) is 3.11. The average molecular weight is 778 g/mol. The Kier molecular flexibility index (Phi) is 33.4. The van der Waals surface area contributed by atoms with Crippen molar-refractivity contribution in [1.82, 2.24) is 4.90 Å². The number of hydrogen-bond donors (Lipinski definition) is 0. The van der Waals surface area contributed by atoms with Gasteiger partial charge in [-0.05, 0) is 95.6 Å². The first kappa shape index (κ1) is 52.6. The molecule has 55 heavy (non-hydrogen) atoms. The van der Waals surface area contributed by atoms with Crippen molar-refractivity contribution in [3.05, 3.63) is 24.3 Å². The lowest BCUT2D eigenvalue weighted by Crippen LogP contribution is -2.35. The maximum atomic E-state index is 12.9. The van der Waals surface area contributed by atoms with Gasteiger partial charge in [-0.3, -0.25) is 9.59 Å². The summed E-state index contributed by atoms with van der Waals surface area (Å²) in [6.07, 6.45) is 32.6. The highest BCUT2D eigenvalue weighted by Crippen LogP contribution is 2.34. The lowest BCUT2D eigenvalue weighted by molar-refractivity contribution is -0.143. The quantitative estimate of drug-likeness (QED) is 0.0266.